The number of nitrogens with one attached hydrogen (secondary N) is 1. The van der Waals surface area contributed by atoms with Crippen LogP contribution in [0.25, 0.3) is 11.0 Å². The fourth-order valence-corrected chi connectivity index (χ4v) is 1.50. The Bertz CT molecular complexity index is 567. The van der Waals surface area contributed by atoms with Gasteiger partial charge < -0.3 is 15.0 Å². The molecule has 17 heavy (non-hydrogen) atoms. The number of rotatable bonds is 2. The van der Waals surface area contributed by atoms with E-state index < -0.39 is 11.5 Å². The van der Waals surface area contributed by atoms with Crippen molar-refractivity contribution in [2.45, 2.75) is 19.4 Å². The number of carbonyl (C=O) groups excluding carboxylic acids is 1. The molecule has 1 heterocycles. The second-order valence-electron chi connectivity index (χ2n) is 4.57. The lowest BCUT2D eigenvalue weighted by atomic mass is 10.1. The lowest BCUT2D eigenvalue weighted by Crippen LogP contribution is -2.36. The molecule has 90 valence electrons. The van der Waals surface area contributed by atoms with Crippen molar-refractivity contribution in [3.05, 3.63) is 24.5 Å². The average molecular weight is 233 g/mol. The standard InChI is InChI=1S/C12H15N3O2/c1-12(2,17)11(16)14-8-4-5-10-9(6-8)13-7-15(10)3/h4-7,17H,1-3H3,(H,14,16). The molecule has 0 unspecified atom stereocenters. The fourth-order valence-electron chi connectivity index (χ4n) is 1.50. The number of aliphatic hydroxyl groups is 1. The summed E-state index contributed by atoms with van der Waals surface area (Å²) in [6.45, 7) is 2.89. The van der Waals surface area contributed by atoms with E-state index in [2.05, 4.69) is 10.3 Å². The maximum Gasteiger partial charge on any atom is 0.255 e. The normalized spacial score (nSPS) is 11.8. The van der Waals surface area contributed by atoms with Gasteiger partial charge in [0.25, 0.3) is 5.91 Å². The Hall–Kier alpha value is -1.88. The maximum absolute atomic E-state index is 11.6. The average Bonchev–Trinajstić information content (AvgIpc) is 2.59. The molecule has 5 nitrogen and oxygen atoms in total. The third kappa shape index (κ3) is 2.29. The van der Waals surface area contributed by atoms with Crippen molar-refractivity contribution < 1.29 is 9.90 Å². The van der Waals surface area contributed by atoms with Gasteiger partial charge in [-0.15, -0.1) is 0 Å². The molecular formula is C12H15N3O2. The minimum atomic E-state index is -1.39. The Morgan fingerprint density at radius 1 is 1.47 bits per heavy atom. The first-order chi connectivity index (χ1) is 7.88. The van der Waals surface area contributed by atoms with E-state index in [0.29, 0.717) is 5.69 Å². The first-order valence-corrected chi connectivity index (χ1v) is 5.33. The van der Waals surface area contributed by atoms with Crippen LogP contribution in [0.3, 0.4) is 0 Å². The highest BCUT2D eigenvalue weighted by Crippen LogP contribution is 2.18. The zero-order chi connectivity index (χ0) is 12.6. The number of amides is 1. The highest BCUT2D eigenvalue weighted by molar-refractivity contribution is 5.97. The van der Waals surface area contributed by atoms with Gasteiger partial charge in [-0.25, -0.2) is 4.98 Å². The molecule has 0 saturated heterocycles. The number of nitrogens with zero attached hydrogens (tertiary/aromatic N) is 2. The highest BCUT2D eigenvalue weighted by atomic mass is 16.3. The zero-order valence-corrected chi connectivity index (χ0v) is 10.1. The van der Waals surface area contributed by atoms with E-state index in [-0.39, 0.29) is 0 Å². The molecule has 0 fully saturated rings. The van der Waals surface area contributed by atoms with E-state index in [0.717, 1.165) is 11.0 Å². The van der Waals surface area contributed by atoms with Gasteiger partial charge in [0.1, 0.15) is 5.60 Å². The number of aromatic nitrogens is 2. The quantitative estimate of drug-likeness (QED) is 0.821. The predicted molar refractivity (Wildman–Crippen MR) is 65.6 cm³/mol. The molecule has 1 amide bonds. The van der Waals surface area contributed by atoms with Gasteiger partial charge in [-0.3, -0.25) is 4.79 Å². The zero-order valence-electron chi connectivity index (χ0n) is 10.1. The third-order valence-electron chi connectivity index (χ3n) is 2.54. The Morgan fingerprint density at radius 2 is 2.18 bits per heavy atom. The first kappa shape index (κ1) is 11.6. The minimum Gasteiger partial charge on any atom is -0.381 e. The number of fused-ring (bicyclic) bond motifs is 1. The van der Waals surface area contributed by atoms with Gasteiger partial charge in [-0.2, -0.15) is 0 Å². The summed E-state index contributed by atoms with van der Waals surface area (Å²) in [5, 5.41) is 12.2. The van der Waals surface area contributed by atoms with Crippen LogP contribution < -0.4 is 5.32 Å². The summed E-state index contributed by atoms with van der Waals surface area (Å²) in [5.74, 6) is -0.437. The summed E-state index contributed by atoms with van der Waals surface area (Å²) in [5.41, 5.74) is 1.04. The molecule has 0 saturated carbocycles. The molecule has 0 radical (unpaired) electrons. The SMILES string of the molecule is Cn1cnc2cc(NC(=O)C(C)(C)O)ccc21. The van der Waals surface area contributed by atoms with Crippen LogP contribution in [-0.4, -0.2) is 26.2 Å². The largest absolute Gasteiger partial charge is 0.381 e. The van der Waals surface area contributed by atoms with Crippen LogP contribution in [0.2, 0.25) is 0 Å². The molecule has 0 aliphatic rings. The summed E-state index contributed by atoms with van der Waals surface area (Å²) >= 11 is 0. The second-order valence-corrected chi connectivity index (χ2v) is 4.57. The molecule has 2 N–H and O–H groups in total. The van der Waals surface area contributed by atoms with Gasteiger partial charge in [0.2, 0.25) is 0 Å². The van der Waals surface area contributed by atoms with Crippen LogP contribution in [0.5, 0.6) is 0 Å². The van der Waals surface area contributed by atoms with Crippen LogP contribution in [0.1, 0.15) is 13.8 Å². The number of anilines is 1. The molecule has 0 bridgehead atoms. The first-order valence-electron chi connectivity index (χ1n) is 5.33. The molecular weight excluding hydrogens is 218 g/mol. The molecule has 5 heteroatoms. The summed E-state index contributed by atoms with van der Waals surface area (Å²) in [6.07, 6.45) is 1.71. The predicted octanol–water partition coefficient (Wildman–Crippen LogP) is 1.28. The van der Waals surface area contributed by atoms with Crippen LogP contribution in [0.4, 0.5) is 5.69 Å². The van der Waals surface area contributed by atoms with Crippen molar-refractivity contribution in [3.63, 3.8) is 0 Å². The van der Waals surface area contributed by atoms with Gasteiger partial charge in [0.05, 0.1) is 17.4 Å². The lowest BCUT2D eigenvalue weighted by Gasteiger charge is -2.16. The third-order valence-corrected chi connectivity index (χ3v) is 2.54. The van der Waals surface area contributed by atoms with Crippen molar-refractivity contribution in [2.75, 3.05) is 5.32 Å². The summed E-state index contributed by atoms with van der Waals surface area (Å²) in [7, 11) is 1.91. The molecule has 0 atom stereocenters. The van der Waals surface area contributed by atoms with Gasteiger partial charge in [0.15, 0.2) is 0 Å². The smallest absolute Gasteiger partial charge is 0.255 e. The monoisotopic (exact) mass is 233 g/mol. The van der Waals surface area contributed by atoms with E-state index >= 15 is 0 Å². The van der Waals surface area contributed by atoms with Gasteiger partial charge >= 0.3 is 0 Å². The molecule has 2 aromatic rings. The Morgan fingerprint density at radius 3 is 2.82 bits per heavy atom. The lowest BCUT2D eigenvalue weighted by molar-refractivity contribution is -0.130. The molecule has 0 aliphatic heterocycles. The maximum atomic E-state index is 11.6. The van der Waals surface area contributed by atoms with E-state index in [4.69, 9.17) is 0 Å². The van der Waals surface area contributed by atoms with Gasteiger partial charge in [-0.1, -0.05) is 0 Å². The number of carbonyl (C=O) groups is 1. The number of imidazole rings is 1. The fraction of sp³-hybridized carbons (Fsp3) is 0.333. The highest BCUT2D eigenvalue weighted by Gasteiger charge is 2.23. The van der Waals surface area contributed by atoms with Crippen molar-refractivity contribution >= 4 is 22.6 Å². The molecule has 1 aromatic carbocycles. The Balaban J connectivity index is 2.29. The summed E-state index contributed by atoms with van der Waals surface area (Å²) in [4.78, 5) is 15.8. The van der Waals surface area contributed by atoms with E-state index in [1.165, 1.54) is 13.8 Å². The molecule has 2 rings (SSSR count). The van der Waals surface area contributed by atoms with E-state index in [1.54, 1.807) is 18.5 Å². The van der Waals surface area contributed by atoms with Crippen molar-refractivity contribution in [3.8, 4) is 0 Å². The molecule has 0 spiro atoms. The van der Waals surface area contributed by atoms with Crippen molar-refractivity contribution in [1.82, 2.24) is 9.55 Å². The Kier molecular flexibility index (Phi) is 2.63. The minimum absolute atomic E-state index is 0.437. The summed E-state index contributed by atoms with van der Waals surface area (Å²) in [6, 6.07) is 5.44. The number of benzene rings is 1. The second kappa shape index (κ2) is 3.85. The number of aryl methyl sites for hydroxylation is 1. The number of hydrogen-bond donors (Lipinski definition) is 2. The van der Waals surface area contributed by atoms with Crippen molar-refractivity contribution in [1.29, 1.82) is 0 Å². The van der Waals surface area contributed by atoms with Gasteiger partial charge in [0, 0.05) is 12.7 Å². The van der Waals surface area contributed by atoms with Gasteiger partial charge in [-0.05, 0) is 32.0 Å². The van der Waals surface area contributed by atoms with E-state index in [9.17, 15) is 9.90 Å². The van der Waals surface area contributed by atoms with Crippen LogP contribution in [-0.2, 0) is 11.8 Å². The number of hydrogen-bond acceptors (Lipinski definition) is 3. The van der Waals surface area contributed by atoms with Crippen LogP contribution in [0, 0.1) is 0 Å². The van der Waals surface area contributed by atoms with Crippen molar-refractivity contribution in [2.24, 2.45) is 7.05 Å². The van der Waals surface area contributed by atoms with Crippen LogP contribution >= 0.6 is 0 Å². The van der Waals surface area contributed by atoms with Crippen LogP contribution in [0.15, 0.2) is 24.5 Å². The molecule has 1 aromatic heterocycles. The molecule has 0 aliphatic carbocycles. The summed E-state index contributed by atoms with van der Waals surface area (Å²) < 4.78 is 1.90. The van der Waals surface area contributed by atoms with E-state index in [1.807, 2.05) is 17.7 Å². The Labute approximate surface area is 99.1 Å². The topological polar surface area (TPSA) is 67.2 Å².